The molecule has 69 valence electrons. The molecule has 1 aliphatic carbocycles. The summed E-state index contributed by atoms with van der Waals surface area (Å²) in [6.45, 7) is 0. The average Bonchev–Trinajstić information content (AvgIpc) is 2.18. The Hall–Kier alpha value is -1.04. The van der Waals surface area contributed by atoms with Crippen LogP contribution in [-0.4, -0.2) is 0 Å². The van der Waals surface area contributed by atoms with Crippen LogP contribution in [0.5, 0.6) is 0 Å². The molecule has 0 saturated heterocycles. The Bertz CT molecular complexity index is 216. The van der Waals surface area contributed by atoms with E-state index >= 15 is 0 Å². The largest absolute Gasteiger partial charge is 0.0882 e. The molecule has 0 heteroatoms. The summed E-state index contributed by atoms with van der Waals surface area (Å²) in [4.78, 5) is 0. The SMILES string of the molecule is [CH]1CC=CC=CC=CCC=CCC1. The number of allylic oxidation sites excluding steroid dienone is 8. The van der Waals surface area contributed by atoms with Crippen LogP contribution in [-0.2, 0) is 0 Å². The van der Waals surface area contributed by atoms with E-state index in [1.54, 1.807) is 0 Å². The van der Waals surface area contributed by atoms with Crippen molar-refractivity contribution in [3.8, 4) is 0 Å². The second-order valence-corrected chi connectivity index (χ2v) is 3.05. The molecule has 1 radical (unpaired) electrons. The molecule has 0 aliphatic heterocycles. The Morgan fingerprint density at radius 2 is 1.31 bits per heavy atom. The van der Waals surface area contributed by atoms with Crippen molar-refractivity contribution in [2.24, 2.45) is 0 Å². The van der Waals surface area contributed by atoms with Crippen LogP contribution in [0.15, 0.2) is 48.6 Å². The zero-order chi connectivity index (χ0) is 9.19. The highest BCUT2D eigenvalue weighted by Crippen LogP contribution is 2.02. The van der Waals surface area contributed by atoms with Crippen LogP contribution in [0.1, 0.15) is 25.7 Å². The van der Waals surface area contributed by atoms with Crippen molar-refractivity contribution in [1.29, 1.82) is 0 Å². The fraction of sp³-hybridized carbons (Fsp3) is 0.308. The second-order valence-electron chi connectivity index (χ2n) is 3.05. The van der Waals surface area contributed by atoms with Crippen LogP contribution in [0.3, 0.4) is 0 Å². The molecule has 0 nitrogen and oxygen atoms in total. The first-order chi connectivity index (χ1) is 6.50. The first kappa shape index (κ1) is 10.0. The Balaban J connectivity index is 2.38. The lowest BCUT2D eigenvalue weighted by Crippen LogP contribution is -1.73. The van der Waals surface area contributed by atoms with Crippen molar-refractivity contribution >= 4 is 0 Å². The lowest BCUT2D eigenvalue weighted by atomic mass is 10.2. The highest BCUT2D eigenvalue weighted by atomic mass is 13.9. The van der Waals surface area contributed by atoms with Gasteiger partial charge in [0.05, 0.1) is 0 Å². The van der Waals surface area contributed by atoms with Crippen molar-refractivity contribution < 1.29 is 0 Å². The zero-order valence-electron chi connectivity index (χ0n) is 8.02. The predicted molar refractivity (Wildman–Crippen MR) is 59.3 cm³/mol. The van der Waals surface area contributed by atoms with Gasteiger partial charge < -0.3 is 0 Å². The maximum atomic E-state index is 2.32. The molecule has 0 aromatic rings. The van der Waals surface area contributed by atoms with Gasteiger partial charge >= 0.3 is 0 Å². The molecular weight excluding hydrogens is 156 g/mol. The second kappa shape index (κ2) is 7.60. The van der Waals surface area contributed by atoms with E-state index < -0.39 is 0 Å². The Morgan fingerprint density at radius 3 is 2.15 bits per heavy atom. The number of rotatable bonds is 0. The molecule has 0 saturated carbocycles. The minimum Gasteiger partial charge on any atom is -0.0882 e. The van der Waals surface area contributed by atoms with Crippen molar-refractivity contribution in [2.75, 3.05) is 0 Å². The summed E-state index contributed by atoms with van der Waals surface area (Å²) in [6.07, 6.45) is 24.0. The van der Waals surface area contributed by atoms with Crippen LogP contribution in [0.4, 0.5) is 0 Å². The predicted octanol–water partition coefficient (Wildman–Crippen LogP) is 3.99. The van der Waals surface area contributed by atoms with Gasteiger partial charge in [0.25, 0.3) is 0 Å². The highest BCUT2D eigenvalue weighted by molar-refractivity contribution is 5.12. The standard InChI is InChI=1S/C13H17/c1-2-4-6-8-10-12-13-11-9-7-5-3-1/h1-6,9-11H,7-8,12-13H2. The summed E-state index contributed by atoms with van der Waals surface area (Å²) in [5.41, 5.74) is 0. The minimum atomic E-state index is 1.05. The molecule has 13 heavy (non-hydrogen) atoms. The first-order valence-corrected chi connectivity index (χ1v) is 4.95. The molecule has 0 atom stereocenters. The Kier molecular flexibility index (Phi) is 5.87. The summed E-state index contributed by atoms with van der Waals surface area (Å²) in [5.74, 6) is 0. The lowest BCUT2D eigenvalue weighted by molar-refractivity contribution is 0.931. The normalized spacial score (nSPS) is 19.1. The molecule has 0 bridgehead atoms. The monoisotopic (exact) mass is 173 g/mol. The van der Waals surface area contributed by atoms with Gasteiger partial charge in [-0.05, 0) is 32.1 Å². The Labute approximate surface area is 81.4 Å². The molecule has 0 aromatic heterocycles. The van der Waals surface area contributed by atoms with Gasteiger partial charge in [-0.2, -0.15) is 0 Å². The maximum absolute atomic E-state index is 2.32. The van der Waals surface area contributed by atoms with Crippen molar-refractivity contribution in [3.63, 3.8) is 0 Å². The average molecular weight is 173 g/mol. The van der Waals surface area contributed by atoms with E-state index in [0.717, 1.165) is 12.8 Å². The molecular formula is C13H17. The zero-order valence-corrected chi connectivity index (χ0v) is 8.02. The van der Waals surface area contributed by atoms with Crippen molar-refractivity contribution in [1.82, 2.24) is 0 Å². The molecule has 0 N–H and O–H groups in total. The fourth-order valence-electron chi connectivity index (χ4n) is 1.16. The Morgan fingerprint density at radius 1 is 0.538 bits per heavy atom. The van der Waals surface area contributed by atoms with Gasteiger partial charge in [0, 0.05) is 0 Å². The van der Waals surface area contributed by atoms with Crippen molar-refractivity contribution in [3.05, 3.63) is 55.0 Å². The van der Waals surface area contributed by atoms with E-state index in [4.69, 9.17) is 0 Å². The molecule has 0 aromatic carbocycles. The van der Waals surface area contributed by atoms with Crippen LogP contribution in [0.2, 0.25) is 0 Å². The summed E-state index contributed by atoms with van der Waals surface area (Å²) >= 11 is 0. The van der Waals surface area contributed by atoms with Gasteiger partial charge in [-0.1, -0.05) is 48.6 Å². The maximum Gasteiger partial charge on any atom is -0.0166 e. The number of hydrogen-bond acceptors (Lipinski definition) is 0. The topological polar surface area (TPSA) is 0 Å². The van der Waals surface area contributed by atoms with E-state index in [9.17, 15) is 0 Å². The van der Waals surface area contributed by atoms with Gasteiger partial charge in [0.2, 0.25) is 0 Å². The molecule has 1 aliphatic rings. The third kappa shape index (κ3) is 6.15. The van der Waals surface area contributed by atoms with Gasteiger partial charge in [-0.3, -0.25) is 0 Å². The molecule has 0 fully saturated rings. The highest BCUT2D eigenvalue weighted by Gasteiger charge is 1.83. The van der Waals surface area contributed by atoms with Gasteiger partial charge in [0.15, 0.2) is 0 Å². The van der Waals surface area contributed by atoms with E-state index in [-0.39, 0.29) is 0 Å². The lowest BCUT2D eigenvalue weighted by Gasteiger charge is -1.91. The minimum absolute atomic E-state index is 1.05. The third-order valence-corrected chi connectivity index (χ3v) is 1.88. The number of hydrogen-bond donors (Lipinski definition) is 0. The van der Waals surface area contributed by atoms with Gasteiger partial charge in [0.1, 0.15) is 0 Å². The molecule has 0 heterocycles. The first-order valence-electron chi connectivity index (χ1n) is 4.95. The quantitative estimate of drug-likeness (QED) is 0.486. The molecule has 1 rings (SSSR count). The molecule has 0 spiro atoms. The van der Waals surface area contributed by atoms with Gasteiger partial charge in [-0.25, -0.2) is 0 Å². The molecule has 0 unspecified atom stereocenters. The van der Waals surface area contributed by atoms with E-state index in [1.165, 1.54) is 12.8 Å². The van der Waals surface area contributed by atoms with E-state index in [1.807, 2.05) is 0 Å². The van der Waals surface area contributed by atoms with E-state index in [0.29, 0.717) is 0 Å². The van der Waals surface area contributed by atoms with Crippen LogP contribution >= 0.6 is 0 Å². The van der Waals surface area contributed by atoms with E-state index in [2.05, 4.69) is 55.0 Å². The van der Waals surface area contributed by atoms with Crippen LogP contribution < -0.4 is 0 Å². The van der Waals surface area contributed by atoms with Crippen molar-refractivity contribution in [2.45, 2.75) is 25.7 Å². The smallest absolute Gasteiger partial charge is 0.0166 e. The third-order valence-electron chi connectivity index (χ3n) is 1.88. The summed E-state index contributed by atoms with van der Waals surface area (Å²) in [5, 5.41) is 0. The van der Waals surface area contributed by atoms with Crippen LogP contribution in [0, 0.1) is 6.42 Å². The summed E-state index contributed by atoms with van der Waals surface area (Å²) < 4.78 is 0. The van der Waals surface area contributed by atoms with Gasteiger partial charge in [-0.15, -0.1) is 0 Å². The fourth-order valence-corrected chi connectivity index (χ4v) is 1.16. The molecule has 0 amide bonds. The summed E-state index contributed by atoms with van der Waals surface area (Å²) in [6, 6.07) is 0. The summed E-state index contributed by atoms with van der Waals surface area (Å²) in [7, 11) is 0. The van der Waals surface area contributed by atoms with Crippen LogP contribution in [0.25, 0.3) is 0 Å².